The van der Waals surface area contributed by atoms with Crippen LogP contribution in [0, 0.1) is 0 Å². The van der Waals surface area contributed by atoms with Crippen LogP contribution in [0.1, 0.15) is 30.4 Å². The molecule has 0 aromatic heterocycles. The summed E-state index contributed by atoms with van der Waals surface area (Å²) in [6.45, 7) is 3.46. The third-order valence-corrected chi connectivity index (χ3v) is 4.96. The molecule has 5 heteroatoms. The Morgan fingerprint density at radius 1 is 1.04 bits per heavy atom. The molecule has 0 aliphatic carbocycles. The average Bonchev–Trinajstić information content (AvgIpc) is 3.32. The van der Waals surface area contributed by atoms with E-state index in [-0.39, 0.29) is 12.7 Å². The number of likely N-dealkylation sites (tertiary alicyclic amines) is 1. The fourth-order valence-corrected chi connectivity index (χ4v) is 3.53. The van der Waals surface area contributed by atoms with Crippen LogP contribution in [-0.2, 0) is 17.8 Å². The number of anilines is 1. The van der Waals surface area contributed by atoms with E-state index in [1.165, 1.54) is 18.4 Å². The Hall–Kier alpha value is -2.53. The highest BCUT2D eigenvalue weighted by Crippen LogP contribution is 2.32. The minimum absolute atomic E-state index is 0.0385. The van der Waals surface area contributed by atoms with Crippen molar-refractivity contribution in [2.75, 3.05) is 25.2 Å². The second-order valence-corrected chi connectivity index (χ2v) is 6.88. The largest absolute Gasteiger partial charge is 0.454 e. The number of hydrogen-bond acceptors (Lipinski definition) is 4. The van der Waals surface area contributed by atoms with E-state index in [2.05, 4.69) is 16.3 Å². The highest BCUT2D eigenvalue weighted by atomic mass is 16.7. The Morgan fingerprint density at radius 3 is 2.73 bits per heavy atom. The summed E-state index contributed by atoms with van der Waals surface area (Å²) >= 11 is 0. The van der Waals surface area contributed by atoms with Crippen molar-refractivity contribution in [2.45, 2.75) is 32.2 Å². The van der Waals surface area contributed by atoms with Crippen LogP contribution in [0.4, 0.5) is 5.69 Å². The molecule has 26 heavy (non-hydrogen) atoms. The van der Waals surface area contributed by atoms with Crippen molar-refractivity contribution in [3.05, 3.63) is 53.6 Å². The SMILES string of the molecule is O=C(CCc1ccc2c(c1)OCO2)Nc1ccccc1CN1CCCC1. The van der Waals surface area contributed by atoms with E-state index in [4.69, 9.17) is 9.47 Å². The lowest BCUT2D eigenvalue weighted by Gasteiger charge is -2.17. The summed E-state index contributed by atoms with van der Waals surface area (Å²) in [7, 11) is 0. The molecular weight excluding hydrogens is 328 g/mol. The normalized spacial score (nSPS) is 16.0. The van der Waals surface area contributed by atoms with Crippen molar-refractivity contribution < 1.29 is 14.3 Å². The molecule has 1 N–H and O–H groups in total. The Kier molecular flexibility index (Phi) is 5.07. The molecule has 4 rings (SSSR count). The molecular formula is C21H24N2O3. The number of ether oxygens (including phenoxy) is 2. The van der Waals surface area contributed by atoms with Gasteiger partial charge >= 0.3 is 0 Å². The highest BCUT2D eigenvalue weighted by molar-refractivity contribution is 5.91. The standard InChI is InChI=1S/C21H24N2O3/c24-21(10-8-16-7-9-19-20(13-16)26-15-25-19)22-18-6-2-1-5-17(18)14-23-11-3-4-12-23/h1-2,5-7,9,13H,3-4,8,10-12,14-15H2,(H,22,24). The van der Waals surface area contributed by atoms with Crippen molar-refractivity contribution in [3.8, 4) is 11.5 Å². The van der Waals surface area contributed by atoms with Gasteiger partial charge in [-0.3, -0.25) is 9.69 Å². The van der Waals surface area contributed by atoms with Gasteiger partial charge in [0.15, 0.2) is 11.5 Å². The predicted octanol–water partition coefficient (Wildman–Crippen LogP) is 3.58. The second kappa shape index (κ2) is 7.79. The zero-order chi connectivity index (χ0) is 17.8. The maximum atomic E-state index is 12.4. The fraction of sp³-hybridized carbons (Fsp3) is 0.381. The maximum Gasteiger partial charge on any atom is 0.231 e. The summed E-state index contributed by atoms with van der Waals surface area (Å²) in [5.41, 5.74) is 3.19. The topological polar surface area (TPSA) is 50.8 Å². The zero-order valence-corrected chi connectivity index (χ0v) is 14.9. The number of nitrogens with one attached hydrogen (secondary N) is 1. The van der Waals surface area contributed by atoms with Crippen molar-refractivity contribution >= 4 is 11.6 Å². The van der Waals surface area contributed by atoms with Crippen LogP contribution in [-0.4, -0.2) is 30.7 Å². The molecule has 2 aliphatic heterocycles. The molecule has 0 bridgehead atoms. The van der Waals surface area contributed by atoms with Gasteiger partial charge < -0.3 is 14.8 Å². The Balaban J connectivity index is 1.34. The molecule has 136 valence electrons. The van der Waals surface area contributed by atoms with E-state index in [1.54, 1.807) is 0 Å². The van der Waals surface area contributed by atoms with Crippen molar-refractivity contribution in [3.63, 3.8) is 0 Å². The third kappa shape index (κ3) is 3.99. The van der Waals surface area contributed by atoms with E-state index in [9.17, 15) is 4.79 Å². The number of rotatable bonds is 6. The van der Waals surface area contributed by atoms with Crippen LogP contribution < -0.4 is 14.8 Å². The van der Waals surface area contributed by atoms with Crippen molar-refractivity contribution in [1.82, 2.24) is 4.90 Å². The number of carbonyl (C=O) groups excluding carboxylic acids is 1. The fourth-order valence-electron chi connectivity index (χ4n) is 3.53. The number of benzene rings is 2. The van der Waals surface area contributed by atoms with E-state index < -0.39 is 0 Å². The van der Waals surface area contributed by atoms with Crippen LogP contribution in [0.25, 0.3) is 0 Å². The quantitative estimate of drug-likeness (QED) is 0.863. The molecule has 2 aromatic rings. The van der Waals surface area contributed by atoms with Gasteiger partial charge in [0.05, 0.1) is 0 Å². The first-order chi connectivity index (χ1) is 12.8. The first-order valence-electron chi connectivity index (χ1n) is 9.26. The number of carbonyl (C=O) groups is 1. The average molecular weight is 352 g/mol. The van der Waals surface area contributed by atoms with E-state index in [0.29, 0.717) is 12.8 Å². The summed E-state index contributed by atoms with van der Waals surface area (Å²) in [5.74, 6) is 1.57. The number of fused-ring (bicyclic) bond motifs is 1. The Bertz CT molecular complexity index is 785. The maximum absolute atomic E-state index is 12.4. The minimum atomic E-state index is 0.0385. The Morgan fingerprint density at radius 2 is 1.85 bits per heavy atom. The van der Waals surface area contributed by atoms with Gasteiger partial charge in [0, 0.05) is 18.7 Å². The van der Waals surface area contributed by atoms with Gasteiger partial charge in [0.1, 0.15) is 0 Å². The lowest BCUT2D eigenvalue weighted by atomic mass is 10.1. The van der Waals surface area contributed by atoms with Crippen molar-refractivity contribution in [1.29, 1.82) is 0 Å². The minimum Gasteiger partial charge on any atom is -0.454 e. The molecule has 0 spiro atoms. The van der Waals surface area contributed by atoms with Gasteiger partial charge in [0.25, 0.3) is 0 Å². The molecule has 2 aromatic carbocycles. The monoisotopic (exact) mass is 352 g/mol. The molecule has 2 heterocycles. The van der Waals surface area contributed by atoms with Crippen molar-refractivity contribution in [2.24, 2.45) is 0 Å². The lowest BCUT2D eigenvalue weighted by Crippen LogP contribution is -2.20. The first-order valence-corrected chi connectivity index (χ1v) is 9.26. The molecule has 2 aliphatic rings. The summed E-state index contributed by atoms with van der Waals surface area (Å²) in [4.78, 5) is 14.9. The van der Waals surface area contributed by atoms with Crippen LogP contribution in [0.15, 0.2) is 42.5 Å². The second-order valence-electron chi connectivity index (χ2n) is 6.88. The molecule has 1 saturated heterocycles. The van der Waals surface area contributed by atoms with Gasteiger partial charge in [-0.05, 0) is 61.7 Å². The smallest absolute Gasteiger partial charge is 0.231 e. The summed E-state index contributed by atoms with van der Waals surface area (Å²) in [5, 5.41) is 3.09. The summed E-state index contributed by atoms with van der Waals surface area (Å²) < 4.78 is 10.7. The third-order valence-electron chi connectivity index (χ3n) is 4.96. The van der Waals surface area contributed by atoms with Crippen LogP contribution >= 0.6 is 0 Å². The summed E-state index contributed by atoms with van der Waals surface area (Å²) in [6.07, 6.45) is 3.66. The number of nitrogens with zero attached hydrogens (tertiary/aromatic N) is 1. The predicted molar refractivity (Wildman–Crippen MR) is 100 cm³/mol. The van der Waals surface area contributed by atoms with Crippen LogP contribution in [0.2, 0.25) is 0 Å². The van der Waals surface area contributed by atoms with Gasteiger partial charge in [-0.15, -0.1) is 0 Å². The Labute approximate surface area is 153 Å². The molecule has 0 saturated carbocycles. The van der Waals surface area contributed by atoms with E-state index in [0.717, 1.165) is 42.4 Å². The number of amides is 1. The van der Waals surface area contributed by atoms with Gasteiger partial charge in [-0.1, -0.05) is 24.3 Å². The highest BCUT2D eigenvalue weighted by Gasteiger charge is 2.16. The van der Waals surface area contributed by atoms with E-state index in [1.807, 2.05) is 36.4 Å². The lowest BCUT2D eigenvalue weighted by molar-refractivity contribution is -0.116. The number of hydrogen-bond donors (Lipinski definition) is 1. The summed E-state index contributed by atoms with van der Waals surface area (Å²) in [6, 6.07) is 13.9. The van der Waals surface area contributed by atoms with E-state index >= 15 is 0 Å². The molecule has 1 amide bonds. The van der Waals surface area contributed by atoms with Gasteiger partial charge in [-0.2, -0.15) is 0 Å². The van der Waals surface area contributed by atoms with Gasteiger partial charge in [0.2, 0.25) is 12.7 Å². The molecule has 1 fully saturated rings. The van der Waals surface area contributed by atoms with Crippen LogP contribution in [0.5, 0.6) is 11.5 Å². The first kappa shape index (κ1) is 16.9. The number of para-hydroxylation sites is 1. The van der Waals surface area contributed by atoms with Crippen LogP contribution in [0.3, 0.4) is 0 Å². The molecule has 0 unspecified atom stereocenters. The van der Waals surface area contributed by atoms with Gasteiger partial charge in [-0.25, -0.2) is 0 Å². The molecule has 5 nitrogen and oxygen atoms in total. The number of aryl methyl sites for hydroxylation is 1. The molecule has 0 atom stereocenters. The zero-order valence-electron chi connectivity index (χ0n) is 14.9. The molecule has 0 radical (unpaired) electrons.